The molecule has 146 valence electrons. The standard InChI is InChI=1S/C20H22N4O2S2/c1-13-7-5-6-10-23(13)16(25)12-28-20-22-18-17(19(26)24(20)21)15(11-27-18)14-8-3-2-4-9-14/h2-4,8-9,11,13H,5-7,10,12,21H2,1H3/t13-/m0/s1. The van der Waals surface area contributed by atoms with Crippen LogP contribution in [0.3, 0.4) is 0 Å². The van der Waals surface area contributed by atoms with Crippen molar-refractivity contribution in [1.29, 1.82) is 0 Å². The third-order valence-corrected chi connectivity index (χ3v) is 6.95. The zero-order chi connectivity index (χ0) is 19.7. The molecule has 0 unspecified atom stereocenters. The number of nitrogens with two attached hydrogens (primary N) is 1. The summed E-state index contributed by atoms with van der Waals surface area (Å²) in [5, 5.41) is 2.83. The van der Waals surface area contributed by atoms with Crippen LogP contribution < -0.4 is 11.4 Å². The van der Waals surface area contributed by atoms with Gasteiger partial charge in [-0.3, -0.25) is 9.59 Å². The van der Waals surface area contributed by atoms with E-state index in [2.05, 4.69) is 11.9 Å². The number of carbonyl (C=O) groups excluding carboxylic acids is 1. The maximum atomic E-state index is 12.9. The Labute approximate surface area is 171 Å². The van der Waals surface area contributed by atoms with E-state index >= 15 is 0 Å². The van der Waals surface area contributed by atoms with Crippen molar-refractivity contribution >= 4 is 39.2 Å². The lowest BCUT2D eigenvalue weighted by Crippen LogP contribution is -2.43. The van der Waals surface area contributed by atoms with Crippen LogP contribution in [0, 0.1) is 0 Å². The molecule has 6 nitrogen and oxygen atoms in total. The van der Waals surface area contributed by atoms with Gasteiger partial charge in [-0.05, 0) is 31.7 Å². The summed E-state index contributed by atoms with van der Waals surface area (Å²) >= 11 is 2.65. The molecule has 0 bridgehead atoms. The fourth-order valence-corrected chi connectivity index (χ4v) is 5.39. The number of thiophene rings is 1. The second-order valence-electron chi connectivity index (χ2n) is 6.99. The molecule has 1 atom stereocenters. The van der Waals surface area contributed by atoms with Gasteiger partial charge in [-0.2, -0.15) is 0 Å². The largest absolute Gasteiger partial charge is 0.339 e. The normalized spacial score (nSPS) is 17.2. The summed E-state index contributed by atoms with van der Waals surface area (Å²) in [7, 11) is 0. The van der Waals surface area contributed by atoms with E-state index in [0.717, 1.165) is 35.2 Å². The van der Waals surface area contributed by atoms with Crippen molar-refractivity contribution in [2.75, 3.05) is 18.1 Å². The number of benzene rings is 1. The topological polar surface area (TPSA) is 81.2 Å². The van der Waals surface area contributed by atoms with Crippen molar-refractivity contribution in [2.24, 2.45) is 0 Å². The van der Waals surface area contributed by atoms with Gasteiger partial charge in [0, 0.05) is 23.5 Å². The number of piperidine rings is 1. The van der Waals surface area contributed by atoms with E-state index in [9.17, 15) is 9.59 Å². The molecule has 1 aliphatic rings. The maximum Gasteiger partial charge on any atom is 0.282 e. The van der Waals surface area contributed by atoms with Gasteiger partial charge in [-0.1, -0.05) is 42.1 Å². The summed E-state index contributed by atoms with van der Waals surface area (Å²) in [5.74, 6) is 6.35. The molecular formula is C20H22N4O2S2. The molecule has 1 saturated heterocycles. The van der Waals surface area contributed by atoms with Crippen LogP contribution in [0.15, 0.2) is 45.7 Å². The number of carbonyl (C=O) groups is 1. The molecule has 0 radical (unpaired) electrons. The smallest absolute Gasteiger partial charge is 0.282 e. The highest BCUT2D eigenvalue weighted by molar-refractivity contribution is 7.99. The Morgan fingerprint density at radius 2 is 2.11 bits per heavy atom. The molecule has 2 N–H and O–H groups in total. The first-order valence-electron chi connectivity index (χ1n) is 9.33. The Bertz CT molecular complexity index is 1060. The summed E-state index contributed by atoms with van der Waals surface area (Å²) in [6, 6.07) is 10.00. The number of amides is 1. The van der Waals surface area contributed by atoms with E-state index in [1.54, 1.807) is 0 Å². The second-order valence-corrected chi connectivity index (χ2v) is 8.79. The minimum atomic E-state index is -0.286. The van der Waals surface area contributed by atoms with E-state index in [1.807, 2.05) is 40.6 Å². The van der Waals surface area contributed by atoms with Gasteiger partial charge >= 0.3 is 0 Å². The quantitative estimate of drug-likeness (QED) is 0.402. The molecule has 3 aromatic rings. The van der Waals surface area contributed by atoms with Crippen LogP contribution in [-0.4, -0.2) is 38.8 Å². The van der Waals surface area contributed by atoms with E-state index in [4.69, 9.17) is 5.84 Å². The van der Waals surface area contributed by atoms with E-state index in [1.165, 1.54) is 29.5 Å². The van der Waals surface area contributed by atoms with Gasteiger partial charge in [-0.15, -0.1) is 11.3 Å². The minimum Gasteiger partial charge on any atom is -0.339 e. The number of fused-ring (bicyclic) bond motifs is 1. The monoisotopic (exact) mass is 414 g/mol. The molecule has 8 heteroatoms. The molecule has 1 amide bonds. The fourth-order valence-electron chi connectivity index (χ4n) is 3.59. The lowest BCUT2D eigenvalue weighted by molar-refractivity contribution is -0.131. The average molecular weight is 415 g/mol. The molecule has 0 aliphatic carbocycles. The number of hydrogen-bond acceptors (Lipinski definition) is 6. The third kappa shape index (κ3) is 3.54. The van der Waals surface area contributed by atoms with Gasteiger partial charge in [0.1, 0.15) is 4.83 Å². The highest BCUT2D eigenvalue weighted by Crippen LogP contribution is 2.31. The van der Waals surface area contributed by atoms with Crippen molar-refractivity contribution in [2.45, 2.75) is 37.4 Å². The number of nitrogens with zero attached hydrogens (tertiary/aromatic N) is 3. The predicted molar refractivity (Wildman–Crippen MR) is 115 cm³/mol. The molecule has 0 saturated carbocycles. The summed E-state index contributed by atoms with van der Waals surface area (Å²) < 4.78 is 1.07. The molecule has 1 aromatic carbocycles. The van der Waals surface area contributed by atoms with Crippen molar-refractivity contribution < 1.29 is 4.79 Å². The summed E-state index contributed by atoms with van der Waals surface area (Å²) in [6.45, 7) is 2.88. The Kier molecular flexibility index (Phi) is 5.41. The van der Waals surface area contributed by atoms with Gasteiger partial charge in [-0.25, -0.2) is 9.66 Å². The predicted octanol–water partition coefficient (Wildman–Crippen LogP) is 3.33. The first-order valence-corrected chi connectivity index (χ1v) is 11.2. The van der Waals surface area contributed by atoms with E-state index in [0.29, 0.717) is 15.4 Å². The second kappa shape index (κ2) is 7.97. The molecule has 0 spiro atoms. The number of aromatic nitrogens is 2. The first-order chi connectivity index (χ1) is 13.6. The number of likely N-dealkylation sites (tertiary alicyclic amines) is 1. The lowest BCUT2D eigenvalue weighted by atomic mass is 10.0. The number of thioether (sulfide) groups is 1. The molecule has 28 heavy (non-hydrogen) atoms. The average Bonchev–Trinajstić information content (AvgIpc) is 3.14. The maximum absolute atomic E-state index is 12.9. The molecule has 2 aromatic heterocycles. The van der Waals surface area contributed by atoms with Crippen LogP contribution >= 0.6 is 23.1 Å². The molecular weight excluding hydrogens is 392 g/mol. The number of nitrogen functional groups attached to an aromatic ring is 1. The van der Waals surface area contributed by atoms with Gasteiger partial charge in [0.25, 0.3) is 5.56 Å². The fraction of sp³-hybridized carbons (Fsp3) is 0.350. The van der Waals surface area contributed by atoms with Crippen molar-refractivity contribution in [3.8, 4) is 11.1 Å². The van der Waals surface area contributed by atoms with Gasteiger partial charge in [0.15, 0.2) is 5.16 Å². The first kappa shape index (κ1) is 19.0. The molecule has 1 fully saturated rings. The van der Waals surface area contributed by atoms with Crippen LogP contribution in [0.2, 0.25) is 0 Å². The highest BCUT2D eigenvalue weighted by Gasteiger charge is 2.24. The Morgan fingerprint density at radius 3 is 2.86 bits per heavy atom. The van der Waals surface area contributed by atoms with Gasteiger partial charge in [0.2, 0.25) is 5.91 Å². The zero-order valence-electron chi connectivity index (χ0n) is 15.6. The van der Waals surface area contributed by atoms with Crippen LogP contribution in [0.1, 0.15) is 26.2 Å². The molecule has 1 aliphatic heterocycles. The molecule has 4 rings (SSSR count). The summed E-state index contributed by atoms with van der Waals surface area (Å²) in [6.07, 6.45) is 3.25. The van der Waals surface area contributed by atoms with Crippen LogP contribution in [0.25, 0.3) is 21.3 Å². The number of hydrogen-bond donors (Lipinski definition) is 1. The Balaban J connectivity index is 1.60. The zero-order valence-corrected chi connectivity index (χ0v) is 17.3. The SMILES string of the molecule is C[C@H]1CCCCN1C(=O)CSc1nc2scc(-c3ccccc3)c2c(=O)n1N. The Morgan fingerprint density at radius 1 is 1.32 bits per heavy atom. The van der Waals surface area contributed by atoms with E-state index < -0.39 is 0 Å². The number of rotatable bonds is 4. The van der Waals surface area contributed by atoms with Gasteiger partial charge < -0.3 is 10.7 Å². The molecule has 3 heterocycles. The summed E-state index contributed by atoms with van der Waals surface area (Å²) in [4.78, 5) is 32.6. The Hall–Kier alpha value is -2.32. The van der Waals surface area contributed by atoms with Crippen molar-refractivity contribution in [1.82, 2.24) is 14.6 Å². The van der Waals surface area contributed by atoms with E-state index in [-0.39, 0.29) is 23.3 Å². The third-order valence-electron chi connectivity index (χ3n) is 5.14. The van der Waals surface area contributed by atoms with Gasteiger partial charge in [0.05, 0.1) is 11.1 Å². The summed E-state index contributed by atoms with van der Waals surface area (Å²) in [5.41, 5.74) is 1.51. The highest BCUT2D eigenvalue weighted by atomic mass is 32.2. The lowest BCUT2D eigenvalue weighted by Gasteiger charge is -2.33. The van der Waals surface area contributed by atoms with Crippen molar-refractivity contribution in [3.63, 3.8) is 0 Å². The van der Waals surface area contributed by atoms with Crippen LogP contribution in [0.5, 0.6) is 0 Å². The van der Waals surface area contributed by atoms with Crippen LogP contribution in [-0.2, 0) is 4.79 Å². The van der Waals surface area contributed by atoms with Crippen molar-refractivity contribution in [3.05, 3.63) is 46.1 Å². The minimum absolute atomic E-state index is 0.0719. The van der Waals surface area contributed by atoms with Crippen LogP contribution in [0.4, 0.5) is 0 Å².